The van der Waals surface area contributed by atoms with Gasteiger partial charge in [-0.1, -0.05) is 31.2 Å². The summed E-state index contributed by atoms with van der Waals surface area (Å²) in [4.78, 5) is 4.26. The van der Waals surface area contributed by atoms with Crippen molar-refractivity contribution in [3.05, 3.63) is 47.5 Å². The third-order valence-corrected chi connectivity index (χ3v) is 7.25. The first-order valence-electron chi connectivity index (χ1n) is 9.72. The van der Waals surface area contributed by atoms with E-state index in [4.69, 9.17) is 0 Å². The molecule has 0 aliphatic carbocycles. The lowest BCUT2D eigenvalue weighted by Crippen LogP contribution is -2.44. The van der Waals surface area contributed by atoms with Crippen LogP contribution in [-0.4, -0.2) is 31.4 Å². The highest BCUT2D eigenvalue weighted by atomic mass is 32.2. The van der Waals surface area contributed by atoms with Gasteiger partial charge in [0.2, 0.25) is 0 Å². The number of nitrogens with one attached hydrogen (secondary N) is 1. The third-order valence-electron chi connectivity index (χ3n) is 6.13. The molecule has 2 aromatic rings. The number of piperidine rings is 1. The molecule has 2 atom stereocenters. The molecule has 0 amide bonds. The van der Waals surface area contributed by atoms with E-state index in [-0.39, 0.29) is 0 Å². The van der Waals surface area contributed by atoms with Crippen molar-refractivity contribution in [2.45, 2.75) is 43.0 Å². The second-order valence-electron chi connectivity index (χ2n) is 7.52. The number of hydrogen-bond donors (Lipinski definition) is 1. The Labute approximate surface area is 155 Å². The Morgan fingerprint density at radius 1 is 1.16 bits per heavy atom. The summed E-state index contributed by atoms with van der Waals surface area (Å²) in [5.74, 6) is 1.91. The first-order valence-corrected chi connectivity index (χ1v) is 10.7. The zero-order valence-corrected chi connectivity index (χ0v) is 15.7. The van der Waals surface area contributed by atoms with Crippen LogP contribution in [0.4, 0.5) is 5.69 Å². The molecule has 130 valence electrons. The Bertz CT molecular complexity index is 783. The van der Waals surface area contributed by atoms with Gasteiger partial charge in [-0.2, -0.15) is 0 Å². The highest BCUT2D eigenvalue weighted by Gasteiger charge is 2.41. The fourth-order valence-corrected chi connectivity index (χ4v) is 5.90. The standard InChI is InChI=1S/C22H26N2S/c1-2-15-4-6-16(7-5-15)17-12-18-19-14-23-9-8-20(19)24-10-3-11-25-21(13-17)22(18)24/h4-7,12-13,19-20,23H,2-3,8-11,14H2,1H3/t19-,20-/m1/s1. The highest BCUT2D eigenvalue weighted by Crippen LogP contribution is 2.51. The normalized spacial score (nSPS) is 24.6. The molecule has 3 aliphatic heterocycles. The molecule has 3 heterocycles. The van der Waals surface area contributed by atoms with Gasteiger partial charge in [-0.25, -0.2) is 0 Å². The predicted octanol–water partition coefficient (Wildman–Crippen LogP) is 4.68. The molecular formula is C22H26N2S. The van der Waals surface area contributed by atoms with E-state index in [0.29, 0.717) is 12.0 Å². The minimum atomic E-state index is 0.663. The van der Waals surface area contributed by atoms with Crippen LogP contribution in [-0.2, 0) is 6.42 Å². The molecule has 1 saturated heterocycles. The molecule has 0 radical (unpaired) electrons. The first-order chi connectivity index (χ1) is 12.3. The van der Waals surface area contributed by atoms with Crippen molar-refractivity contribution in [1.82, 2.24) is 5.32 Å². The third kappa shape index (κ3) is 2.60. The molecule has 3 aliphatic rings. The van der Waals surface area contributed by atoms with Crippen molar-refractivity contribution in [3.63, 3.8) is 0 Å². The van der Waals surface area contributed by atoms with Gasteiger partial charge in [0.05, 0.1) is 5.69 Å². The lowest BCUT2D eigenvalue weighted by atomic mass is 9.88. The molecule has 5 rings (SSSR count). The smallest absolute Gasteiger partial charge is 0.0544 e. The summed E-state index contributed by atoms with van der Waals surface area (Å²) < 4.78 is 0. The van der Waals surface area contributed by atoms with E-state index in [1.54, 1.807) is 11.3 Å². The predicted molar refractivity (Wildman–Crippen MR) is 108 cm³/mol. The summed E-state index contributed by atoms with van der Waals surface area (Å²) in [7, 11) is 0. The largest absolute Gasteiger partial charge is 0.367 e. The summed E-state index contributed by atoms with van der Waals surface area (Å²) in [6.45, 7) is 5.76. The molecule has 25 heavy (non-hydrogen) atoms. The van der Waals surface area contributed by atoms with Crippen molar-refractivity contribution in [2.75, 3.05) is 30.3 Å². The van der Waals surface area contributed by atoms with Gasteiger partial charge in [0, 0.05) is 29.9 Å². The van der Waals surface area contributed by atoms with Gasteiger partial charge in [-0.3, -0.25) is 0 Å². The van der Waals surface area contributed by atoms with E-state index in [9.17, 15) is 0 Å². The van der Waals surface area contributed by atoms with Gasteiger partial charge in [0.15, 0.2) is 0 Å². The second-order valence-corrected chi connectivity index (χ2v) is 8.66. The number of thioether (sulfide) groups is 1. The molecule has 3 heteroatoms. The molecule has 0 saturated carbocycles. The summed E-state index contributed by atoms with van der Waals surface area (Å²) in [5.41, 5.74) is 7.34. The number of rotatable bonds is 2. The van der Waals surface area contributed by atoms with E-state index in [1.807, 2.05) is 0 Å². The van der Waals surface area contributed by atoms with Crippen LogP contribution < -0.4 is 10.2 Å². The van der Waals surface area contributed by atoms with Crippen molar-refractivity contribution in [1.29, 1.82) is 0 Å². The van der Waals surface area contributed by atoms with E-state index in [1.165, 1.54) is 53.3 Å². The zero-order chi connectivity index (χ0) is 16.8. The van der Waals surface area contributed by atoms with Crippen LogP contribution >= 0.6 is 11.8 Å². The Balaban J connectivity index is 1.63. The summed E-state index contributed by atoms with van der Waals surface area (Å²) in [6, 6.07) is 14.8. The van der Waals surface area contributed by atoms with Crippen LogP contribution in [0.2, 0.25) is 0 Å². The fourth-order valence-electron chi connectivity index (χ4n) is 4.82. The van der Waals surface area contributed by atoms with Crippen LogP contribution in [0.15, 0.2) is 41.3 Å². The van der Waals surface area contributed by atoms with Crippen LogP contribution in [0.5, 0.6) is 0 Å². The average Bonchev–Trinajstić information content (AvgIpc) is 2.83. The highest BCUT2D eigenvalue weighted by molar-refractivity contribution is 7.99. The maximum Gasteiger partial charge on any atom is 0.0544 e. The quantitative estimate of drug-likeness (QED) is 0.847. The number of nitrogens with zero attached hydrogens (tertiary/aromatic N) is 1. The van der Waals surface area contributed by atoms with Gasteiger partial charge in [0.1, 0.15) is 0 Å². The Kier molecular flexibility index (Phi) is 4.02. The Morgan fingerprint density at radius 3 is 2.88 bits per heavy atom. The molecule has 0 unspecified atom stereocenters. The SMILES string of the molecule is CCc1ccc(-c2cc3c4c(c2)[C@H]2CNCC[C@H]2N4CCCS3)cc1. The van der Waals surface area contributed by atoms with Crippen molar-refractivity contribution < 1.29 is 0 Å². The van der Waals surface area contributed by atoms with E-state index >= 15 is 0 Å². The Hall–Kier alpha value is -1.45. The average molecular weight is 351 g/mol. The number of anilines is 1. The van der Waals surface area contributed by atoms with E-state index in [2.05, 4.69) is 65.3 Å². The van der Waals surface area contributed by atoms with Gasteiger partial charge in [0.25, 0.3) is 0 Å². The summed E-state index contributed by atoms with van der Waals surface area (Å²) >= 11 is 2.07. The topological polar surface area (TPSA) is 15.3 Å². The summed E-state index contributed by atoms with van der Waals surface area (Å²) in [5, 5.41) is 3.64. The lowest BCUT2D eigenvalue weighted by molar-refractivity contribution is 0.403. The van der Waals surface area contributed by atoms with Gasteiger partial charge in [-0.05, 0) is 65.9 Å². The minimum absolute atomic E-state index is 0.663. The van der Waals surface area contributed by atoms with Crippen LogP contribution in [0.3, 0.4) is 0 Å². The summed E-state index contributed by atoms with van der Waals surface area (Å²) in [6.07, 6.45) is 3.69. The van der Waals surface area contributed by atoms with Crippen molar-refractivity contribution >= 4 is 17.4 Å². The van der Waals surface area contributed by atoms with E-state index in [0.717, 1.165) is 13.0 Å². The number of fused-ring (bicyclic) bond motifs is 3. The number of hydrogen-bond acceptors (Lipinski definition) is 3. The fraction of sp³-hybridized carbons (Fsp3) is 0.455. The lowest BCUT2D eigenvalue weighted by Gasteiger charge is -2.33. The van der Waals surface area contributed by atoms with E-state index < -0.39 is 0 Å². The molecular weight excluding hydrogens is 324 g/mol. The maximum atomic E-state index is 3.64. The van der Waals surface area contributed by atoms with Gasteiger partial charge in [-0.15, -0.1) is 11.8 Å². The Morgan fingerprint density at radius 2 is 2.04 bits per heavy atom. The molecule has 0 spiro atoms. The van der Waals surface area contributed by atoms with Crippen LogP contribution in [0.1, 0.15) is 36.8 Å². The molecule has 0 aromatic heterocycles. The van der Waals surface area contributed by atoms with Gasteiger partial charge < -0.3 is 10.2 Å². The van der Waals surface area contributed by atoms with Crippen molar-refractivity contribution in [3.8, 4) is 11.1 Å². The molecule has 2 aromatic carbocycles. The molecule has 1 fully saturated rings. The molecule has 0 bridgehead atoms. The van der Waals surface area contributed by atoms with Crippen LogP contribution in [0, 0.1) is 0 Å². The minimum Gasteiger partial charge on any atom is -0.367 e. The maximum absolute atomic E-state index is 3.64. The molecule has 2 nitrogen and oxygen atoms in total. The zero-order valence-electron chi connectivity index (χ0n) is 14.9. The van der Waals surface area contributed by atoms with Crippen LogP contribution in [0.25, 0.3) is 11.1 Å². The monoisotopic (exact) mass is 350 g/mol. The number of aryl methyl sites for hydroxylation is 1. The van der Waals surface area contributed by atoms with Crippen molar-refractivity contribution in [2.24, 2.45) is 0 Å². The first kappa shape index (κ1) is 15.8. The number of benzene rings is 2. The van der Waals surface area contributed by atoms with Gasteiger partial charge >= 0.3 is 0 Å². The second kappa shape index (κ2) is 6.37. The molecule has 1 N–H and O–H groups in total.